The highest BCUT2D eigenvalue weighted by Gasteiger charge is 2.19. The van der Waals surface area contributed by atoms with E-state index in [0.29, 0.717) is 0 Å². The van der Waals surface area contributed by atoms with E-state index in [4.69, 9.17) is 11.6 Å². The monoisotopic (exact) mass is 516 g/mol. The summed E-state index contributed by atoms with van der Waals surface area (Å²) in [5.74, 6) is 0. The van der Waals surface area contributed by atoms with E-state index in [2.05, 4.69) is 124 Å². The molecular weight excluding hydrogens is 496 g/mol. The topological polar surface area (TPSA) is 9.34 Å². The molecule has 0 bridgehead atoms. The van der Waals surface area contributed by atoms with Crippen LogP contribution in [0.4, 0.5) is 0 Å². The number of aromatic nitrogens is 2. The molecule has 9 rings (SSSR count). The van der Waals surface area contributed by atoms with E-state index < -0.39 is 0 Å². The molecule has 3 heteroatoms. The fraction of sp³-hybridized carbons (Fsp3) is 0. The molecule has 0 aliphatic carbocycles. The standard InChI is InChI=1S/C36H21ClN2/c37-31-14-7-13-30-29-12-6-11-28-27-19-17-23(21-34(27)39(35(28)29)36(30)31)22-16-18-26-25-10-4-5-15-32(25)38(33(26)20-22)24-8-2-1-3-9-24/h1-21H. The van der Waals surface area contributed by atoms with Crippen LogP contribution in [-0.4, -0.2) is 8.97 Å². The van der Waals surface area contributed by atoms with E-state index in [1.165, 1.54) is 71.2 Å². The molecule has 3 heterocycles. The summed E-state index contributed by atoms with van der Waals surface area (Å²) in [6.07, 6.45) is 0. The quantitative estimate of drug-likeness (QED) is 0.216. The van der Waals surface area contributed by atoms with Gasteiger partial charge in [-0.25, -0.2) is 0 Å². The summed E-state index contributed by atoms with van der Waals surface area (Å²) in [5, 5.41) is 8.27. The number of rotatable bonds is 2. The molecule has 9 aromatic rings. The van der Waals surface area contributed by atoms with E-state index in [-0.39, 0.29) is 0 Å². The number of fused-ring (bicyclic) bond motifs is 9. The van der Waals surface area contributed by atoms with Crippen molar-refractivity contribution in [2.24, 2.45) is 0 Å². The highest BCUT2D eigenvalue weighted by molar-refractivity contribution is 6.37. The predicted octanol–water partition coefficient (Wildman–Crippen LogP) is 10.3. The van der Waals surface area contributed by atoms with Crippen molar-refractivity contribution in [2.75, 3.05) is 0 Å². The van der Waals surface area contributed by atoms with Gasteiger partial charge in [0, 0.05) is 38.0 Å². The first-order valence-electron chi connectivity index (χ1n) is 13.2. The van der Waals surface area contributed by atoms with Crippen LogP contribution >= 0.6 is 11.6 Å². The van der Waals surface area contributed by atoms with Crippen LogP contribution in [0.2, 0.25) is 5.02 Å². The van der Waals surface area contributed by atoms with Crippen molar-refractivity contribution >= 4 is 71.5 Å². The van der Waals surface area contributed by atoms with Gasteiger partial charge in [-0.1, -0.05) is 103 Å². The van der Waals surface area contributed by atoms with E-state index in [0.717, 1.165) is 10.5 Å². The predicted molar refractivity (Wildman–Crippen MR) is 166 cm³/mol. The molecule has 0 spiro atoms. The van der Waals surface area contributed by atoms with Gasteiger partial charge in [0.2, 0.25) is 0 Å². The molecule has 182 valence electrons. The Labute approximate surface area is 229 Å². The first-order chi connectivity index (χ1) is 19.3. The Morgan fingerprint density at radius 1 is 0.410 bits per heavy atom. The summed E-state index contributed by atoms with van der Waals surface area (Å²) in [5.41, 5.74) is 9.49. The summed E-state index contributed by atoms with van der Waals surface area (Å²) < 4.78 is 4.74. The van der Waals surface area contributed by atoms with Crippen molar-refractivity contribution in [3.8, 4) is 16.8 Å². The SMILES string of the molecule is Clc1cccc2c3cccc4c5ccc(-c6ccc7c8ccccc8n(-c8ccccc8)c7c6)cc5n(c12)c43. The fourth-order valence-electron chi connectivity index (χ4n) is 6.66. The van der Waals surface area contributed by atoms with Crippen LogP contribution < -0.4 is 0 Å². The number of hydrogen-bond acceptors (Lipinski definition) is 0. The van der Waals surface area contributed by atoms with Crippen molar-refractivity contribution in [1.29, 1.82) is 0 Å². The zero-order valence-electron chi connectivity index (χ0n) is 20.9. The lowest BCUT2D eigenvalue weighted by Gasteiger charge is -2.09. The van der Waals surface area contributed by atoms with Crippen LogP contribution in [0.1, 0.15) is 0 Å². The van der Waals surface area contributed by atoms with Crippen LogP contribution in [0.25, 0.3) is 76.7 Å². The van der Waals surface area contributed by atoms with Crippen molar-refractivity contribution in [3.05, 3.63) is 132 Å². The summed E-state index contributed by atoms with van der Waals surface area (Å²) in [6, 6.07) is 45.8. The van der Waals surface area contributed by atoms with Crippen LogP contribution in [0.5, 0.6) is 0 Å². The minimum absolute atomic E-state index is 0.779. The maximum atomic E-state index is 6.81. The van der Waals surface area contributed by atoms with Gasteiger partial charge in [0.1, 0.15) is 0 Å². The van der Waals surface area contributed by atoms with E-state index in [9.17, 15) is 0 Å². The molecule has 0 saturated heterocycles. The lowest BCUT2D eigenvalue weighted by molar-refractivity contribution is 1.18. The minimum atomic E-state index is 0.779. The van der Waals surface area contributed by atoms with Gasteiger partial charge in [-0.15, -0.1) is 0 Å². The molecule has 6 aromatic carbocycles. The first kappa shape index (κ1) is 21.2. The average Bonchev–Trinajstić information content (AvgIpc) is 3.62. The molecular formula is C36H21ClN2. The van der Waals surface area contributed by atoms with Crippen LogP contribution in [0.3, 0.4) is 0 Å². The molecule has 0 aliphatic heterocycles. The Bertz CT molecular complexity index is 2390. The Balaban J connectivity index is 1.36. The maximum absolute atomic E-state index is 6.81. The maximum Gasteiger partial charge on any atom is 0.0727 e. The Hall–Kier alpha value is -4.79. The first-order valence-corrected chi connectivity index (χ1v) is 13.6. The van der Waals surface area contributed by atoms with E-state index in [1.54, 1.807) is 0 Å². The lowest BCUT2D eigenvalue weighted by Crippen LogP contribution is -1.93. The second kappa shape index (κ2) is 7.63. The molecule has 39 heavy (non-hydrogen) atoms. The molecule has 0 unspecified atom stereocenters. The highest BCUT2D eigenvalue weighted by Crippen LogP contribution is 2.42. The van der Waals surface area contributed by atoms with Crippen LogP contribution in [0.15, 0.2) is 127 Å². The molecule has 0 atom stereocenters. The minimum Gasteiger partial charge on any atom is -0.309 e. The van der Waals surface area contributed by atoms with Crippen molar-refractivity contribution in [1.82, 2.24) is 8.97 Å². The van der Waals surface area contributed by atoms with E-state index >= 15 is 0 Å². The van der Waals surface area contributed by atoms with Gasteiger partial charge in [0.25, 0.3) is 0 Å². The van der Waals surface area contributed by atoms with Gasteiger partial charge >= 0.3 is 0 Å². The third kappa shape index (κ3) is 2.76. The zero-order chi connectivity index (χ0) is 25.7. The number of hydrogen-bond donors (Lipinski definition) is 0. The van der Waals surface area contributed by atoms with Crippen LogP contribution in [0, 0.1) is 0 Å². The van der Waals surface area contributed by atoms with Gasteiger partial charge in [-0.3, -0.25) is 0 Å². The third-order valence-electron chi connectivity index (χ3n) is 8.31. The third-order valence-corrected chi connectivity index (χ3v) is 8.62. The molecule has 3 aromatic heterocycles. The van der Waals surface area contributed by atoms with Gasteiger partial charge in [0.15, 0.2) is 0 Å². The molecule has 0 amide bonds. The molecule has 0 aliphatic rings. The second-order valence-corrected chi connectivity index (χ2v) is 10.7. The Kier molecular flexibility index (Phi) is 4.14. The summed E-state index contributed by atoms with van der Waals surface area (Å²) in [6.45, 7) is 0. The molecule has 0 radical (unpaired) electrons. The molecule has 0 saturated carbocycles. The van der Waals surface area contributed by atoms with Crippen molar-refractivity contribution < 1.29 is 0 Å². The fourth-order valence-corrected chi connectivity index (χ4v) is 6.92. The second-order valence-electron chi connectivity index (χ2n) is 10.3. The van der Waals surface area contributed by atoms with Crippen molar-refractivity contribution in [2.45, 2.75) is 0 Å². The number of para-hydroxylation sites is 4. The lowest BCUT2D eigenvalue weighted by atomic mass is 10.0. The number of nitrogens with zero attached hydrogens (tertiary/aromatic N) is 2. The van der Waals surface area contributed by atoms with E-state index in [1.807, 2.05) is 12.1 Å². The summed E-state index contributed by atoms with van der Waals surface area (Å²) in [7, 11) is 0. The summed E-state index contributed by atoms with van der Waals surface area (Å²) in [4.78, 5) is 0. The summed E-state index contributed by atoms with van der Waals surface area (Å²) >= 11 is 6.81. The van der Waals surface area contributed by atoms with Gasteiger partial charge in [0.05, 0.1) is 32.6 Å². The number of benzene rings is 6. The van der Waals surface area contributed by atoms with Crippen LogP contribution in [-0.2, 0) is 0 Å². The van der Waals surface area contributed by atoms with Gasteiger partial charge in [-0.2, -0.15) is 0 Å². The highest BCUT2D eigenvalue weighted by atomic mass is 35.5. The number of halogens is 1. The molecule has 0 fully saturated rings. The largest absolute Gasteiger partial charge is 0.309 e. The Morgan fingerprint density at radius 2 is 0.974 bits per heavy atom. The normalized spacial score (nSPS) is 12.2. The smallest absolute Gasteiger partial charge is 0.0727 e. The molecule has 2 nitrogen and oxygen atoms in total. The van der Waals surface area contributed by atoms with Gasteiger partial charge < -0.3 is 8.97 Å². The van der Waals surface area contributed by atoms with Crippen molar-refractivity contribution in [3.63, 3.8) is 0 Å². The molecule has 0 N–H and O–H groups in total. The van der Waals surface area contributed by atoms with Gasteiger partial charge in [-0.05, 0) is 47.5 Å². The zero-order valence-corrected chi connectivity index (χ0v) is 21.7. The Morgan fingerprint density at radius 3 is 1.77 bits per heavy atom. The average molecular weight is 517 g/mol.